The maximum Gasteiger partial charge on any atom is 0.337 e. The molecule has 6 heteroatoms. The van der Waals surface area contributed by atoms with Crippen molar-refractivity contribution in [3.05, 3.63) is 64.4 Å². The summed E-state index contributed by atoms with van der Waals surface area (Å²) in [5, 5.41) is 3.83. The number of methoxy groups -OCH3 is 1. The monoisotopic (exact) mass is 421 g/mol. The molecule has 1 amide bonds. The third-order valence-corrected chi connectivity index (χ3v) is 5.28. The Kier molecular flexibility index (Phi) is 6.49. The molecule has 0 bridgehead atoms. The molecular formula is C25H27NO5. The Labute approximate surface area is 181 Å². The first-order valence-electron chi connectivity index (χ1n) is 10.1. The molecule has 0 radical (unpaired) electrons. The lowest BCUT2D eigenvalue weighted by molar-refractivity contribution is -0.111. The fourth-order valence-electron chi connectivity index (χ4n) is 3.50. The molecule has 0 aliphatic heterocycles. The summed E-state index contributed by atoms with van der Waals surface area (Å²) in [6.45, 7) is 10.2. The van der Waals surface area contributed by atoms with Gasteiger partial charge in [0.1, 0.15) is 17.1 Å². The molecule has 162 valence electrons. The average molecular weight is 421 g/mol. The van der Waals surface area contributed by atoms with Crippen molar-refractivity contribution >= 4 is 34.1 Å². The van der Waals surface area contributed by atoms with Gasteiger partial charge in [-0.05, 0) is 76.1 Å². The number of esters is 1. The van der Waals surface area contributed by atoms with Crippen LogP contribution >= 0.6 is 0 Å². The molecule has 1 aromatic heterocycles. The summed E-state index contributed by atoms with van der Waals surface area (Å²) in [4.78, 5) is 24.2. The summed E-state index contributed by atoms with van der Waals surface area (Å²) in [6.07, 6.45) is 1.54. The second kappa shape index (κ2) is 9.08. The molecule has 1 N–H and O–H groups in total. The minimum atomic E-state index is -0.424. The number of carbonyl (C=O) groups is 2. The Hall–Kier alpha value is -3.54. The summed E-state index contributed by atoms with van der Waals surface area (Å²) >= 11 is 0. The minimum Gasteiger partial charge on any atom is -0.493 e. The van der Waals surface area contributed by atoms with E-state index in [1.54, 1.807) is 30.3 Å². The van der Waals surface area contributed by atoms with Gasteiger partial charge in [0.05, 0.1) is 19.3 Å². The smallest absolute Gasteiger partial charge is 0.337 e. The van der Waals surface area contributed by atoms with Gasteiger partial charge in [-0.2, -0.15) is 0 Å². The molecule has 1 heterocycles. The van der Waals surface area contributed by atoms with Gasteiger partial charge in [-0.1, -0.05) is 0 Å². The number of allylic oxidation sites excluding steroid dienone is 1. The number of anilines is 1. The molecule has 3 aromatic rings. The van der Waals surface area contributed by atoms with Gasteiger partial charge in [-0.15, -0.1) is 0 Å². The summed E-state index contributed by atoms with van der Waals surface area (Å²) in [6, 6.07) is 8.54. The van der Waals surface area contributed by atoms with E-state index in [-0.39, 0.29) is 5.91 Å². The number of carbonyl (C=O) groups excluding carboxylic acids is 2. The molecule has 31 heavy (non-hydrogen) atoms. The zero-order chi connectivity index (χ0) is 22.7. The minimum absolute atomic E-state index is 0.274. The molecule has 0 saturated heterocycles. The number of furan rings is 1. The van der Waals surface area contributed by atoms with Crippen LogP contribution in [0.5, 0.6) is 5.75 Å². The number of benzene rings is 2. The van der Waals surface area contributed by atoms with Crippen molar-refractivity contribution in [3.8, 4) is 5.75 Å². The topological polar surface area (TPSA) is 77.8 Å². The van der Waals surface area contributed by atoms with Gasteiger partial charge in [-0.3, -0.25) is 4.79 Å². The van der Waals surface area contributed by atoms with E-state index < -0.39 is 5.97 Å². The van der Waals surface area contributed by atoms with Crippen LogP contribution in [0.25, 0.3) is 16.5 Å². The predicted octanol–water partition coefficient (Wildman–Crippen LogP) is 5.59. The Morgan fingerprint density at radius 2 is 1.77 bits per heavy atom. The van der Waals surface area contributed by atoms with E-state index >= 15 is 0 Å². The molecular weight excluding hydrogens is 394 g/mol. The van der Waals surface area contributed by atoms with E-state index in [9.17, 15) is 9.59 Å². The number of ether oxygens (including phenoxy) is 2. The number of amides is 1. The van der Waals surface area contributed by atoms with Crippen LogP contribution in [0.15, 0.2) is 40.8 Å². The highest BCUT2D eigenvalue weighted by Crippen LogP contribution is 2.38. The number of fused-ring (bicyclic) bond motifs is 1. The normalized spacial score (nSPS) is 11.5. The SMILES string of the molecule is CCOc1c(/C(C)=C/C(=O)Nc2ccc(C(=O)OC)cc2)cc2c(C)c(C)oc2c1C. The lowest BCUT2D eigenvalue weighted by Crippen LogP contribution is -2.09. The van der Waals surface area contributed by atoms with Crippen molar-refractivity contribution in [3.63, 3.8) is 0 Å². The van der Waals surface area contributed by atoms with Crippen molar-refractivity contribution in [2.75, 3.05) is 19.0 Å². The number of aryl methyl sites for hydroxylation is 3. The number of hydrogen-bond donors (Lipinski definition) is 1. The Bertz CT molecular complexity index is 1170. The van der Waals surface area contributed by atoms with Crippen molar-refractivity contribution < 1.29 is 23.5 Å². The Morgan fingerprint density at radius 3 is 2.39 bits per heavy atom. The molecule has 0 fully saturated rings. The van der Waals surface area contributed by atoms with E-state index in [4.69, 9.17) is 9.15 Å². The number of nitrogens with one attached hydrogen (secondary N) is 1. The summed E-state index contributed by atoms with van der Waals surface area (Å²) < 4.78 is 16.5. The third-order valence-electron chi connectivity index (χ3n) is 5.28. The van der Waals surface area contributed by atoms with Crippen LogP contribution in [0.2, 0.25) is 0 Å². The molecule has 0 atom stereocenters. The zero-order valence-corrected chi connectivity index (χ0v) is 18.7. The van der Waals surface area contributed by atoms with E-state index in [0.717, 1.165) is 39.0 Å². The number of rotatable bonds is 6. The molecule has 0 aliphatic carbocycles. The van der Waals surface area contributed by atoms with Gasteiger partial charge in [-0.25, -0.2) is 4.79 Å². The van der Waals surface area contributed by atoms with Crippen LogP contribution in [-0.4, -0.2) is 25.6 Å². The van der Waals surface area contributed by atoms with Gasteiger partial charge in [0.2, 0.25) is 5.91 Å². The molecule has 0 unspecified atom stereocenters. The zero-order valence-electron chi connectivity index (χ0n) is 18.7. The first kappa shape index (κ1) is 22.2. The molecule has 2 aromatic carbocycles. The molecule has 0 saturated carbocycles. The van der Waals surface area contributed by atoms with Gasteiger partial charge in [0.15, 0.2) is 0 Å². The summed E-state index contributed by atoms with van der Waals surface area (Å²) in [7, 11) is 1.33. The quantitative estimate of drug-likeness (QED) is 0.415. The maximum absolute atomic E-state index is 12.6. The Balaban J connectivity index is 1.92. The largest absolute Gasteiger partial charge is 0.493 e. The van der Waals surface area contributed by atoms with Crippen molar-refractivity contribution in [1.82, 2.24) is 0 Å². The third kappa shape index (κ3) is 4.48. The highest BCUT2D eigenvalue weighted by Gasteiger charge is 2.19. The van der Waals surface area contributed by atoms with Gasteiger partial charge in [0.25, 0.3) is 0 Å². The van der Waals surface area contributed by atoms with Crippen molar-refractivity contribution in [2.24, 2.45) is 0 Å². The van der Waals surface area contributed by atoms with Crippen LogP contribution in [0.4, 0.5) is 5.69 Å². The van der Waals surface area contributed by atoms with E-state index in [1.165, 1.54) is 7.11 Å². The number of hydrogen-bond acceptors (Lipinski definition) is 5. The second-order valence-electron chi connectivity index (χ2n) is 7.36. The standard InChI is InChI=1S/C25H27NO5/c1-7-30-23-16(4)24-21(15(3)17(5)31-24)13-20(23)14(2)12-22(27)26-19-10-8-18(9-11-19)25(28)29-6/h8-13H,7H2,1-6H3,(H,26,27)/b14-12+. The first-order chi connectivity index (χ1) is 14.8. The summed E-state index contributed by atoms with van der Waals surface area (Å²) in [5.74, 6) is 0.886. The predicted molar refractivity (Wildman–Crippen MR) is 122 cm³/mol. The van der Waals surface area contributed by atoms with Crippen LogP contribution in [0.1, 0.15) is 46.7 Å². The van der Waals surface area contributed by atoms with Gasteiger partial charge < -0.3 is 19.2 Å². The van der Waals surface area contributed by atoms with Gasteiger partial charge >= 0.3 is 5.97 Å². The van der Waals surface area contributed by atoms with Gasteiger partial charge in [0, 0.05) is 28.3 Å². The van der Waals surface area contributed by atoms with Crippen molar-refractivity contribution in [2.45, 2.75) is 34.6 Å². The van der Waals surface area contributed by atoms with E-state index in [0.29, 0.717) is 23.6 Å². The van der Waals surface area contributed by atoms with E-state index in [1.807, 2.05) is 40.7 Å². The lowest BCUT2D eigenvalue weighted by atomic mass is 9.98. The molecule has 6 nitrogen and oxygen atoms in total. The highest BCUT2D eigenvalue weighted by atomic mass is 16.5. The van der Waals surface area contributed by atoms with E-state index in [2.05, 4.69) is 10.1 Å². The average Bonchev–Trinajstić information content (AvgIpc) is 3.04. The van der Waals surface area contributed by atoms with Crippen LogP contribution < -0.4 is 10.1 Å². The highest BCUT2D eigenvalue weighted by molar-refractivity contribution is 6.05. The molecule has 3 rings (SSSR count). The van der Waals surface area contributed by atoms with Crippen LogP contribution in [0, 0.1) is 20.8 Å². The maximum atomic E-state index is 12.6. The first-order valence-corrected chi connectivity index (χ1v) is 10.1. The van der Waals surface area contributed by atoms with Crippen LogP contribution in [0.3, 0.4) is 0 Å². The Morgan fingerprint density at radius 1 is 1.10 bits per heavy atom. The van der Waals surface area contributed by atoms with Crippen LogP contribution in [-0.2, 0) is 9.53 Å². The molecule has 0 aliphatic rings. The fourth-order valence-corrected chi connectivity index (χ4v) is 3.50. The van der Waals surface area contributed by atoms with Crippen molar-refractivity contribution in [1.29, 1.82) is 0 Å². The molecule has 0 spiro atoms. The fraction of sp³-hybridized carbons (Fsp3) is 0.280. The second-order valence-corrected chi connectivity index (χ2v) is 7.36. The lowest BCUT2D eigenvalue weighted by Gasteiger charge is -2.14. The summed E-state index contributed by atoms with van der Waals surface area (Å²) in [5.41, 5.74) is 5.43.